The summed E-state index contributed by atoms with van der Waals surface area (Å²) >= 11 is 3.18. The van der Waals surface area contributed by atoms with Gasteiger partial charge in [-0.3, -0.25) is 5.41 Å². The number of allylic oxidation sites excluding steroid dienone is 2. The van der Waals surface area contributed by atoms with E-state index in [2.05, 4.69) is 15.0 Å². The van der Waals surface area contributed by atoms with Crippen LogP contribution in [-0.2, 0) is 0 Å². The fraction of sp³-hybridized carbons (Fsp3) is 0.143. The number of nitrogens with one attached hydrogen (secondary N) is 1. The van der Waals surface area contributed by atoms with Crippen LogP contribution in [0.4, 0.5) is 0 Å². The molecule has 1 aliphatic heterocycles. The van der Waals surface area contributed by atoms with Gasteiger partial charge in [0, 0.05) is 45.4 Å². The fourth-order valence-corrected chi connectivity index (χ4v) is 4.19. The third kappa shape index (κ3) is 1.89. The van der Waals surface area contributed by atoms with Crippen LogP contribution in [0.2, 0.25) is 0 Å². The first-order chi connectivity index (χ1) is 10.3. The maximum atomic E-state index is 8.15. The number of nitrogens with zero attached hydrogens (tertiary/aromatic N) is 3. The van der Waals surface area contributed by atoms with Gasteiger partial charge in [-0.05, 0) is 12.8 Å². The van der Waals surface area contributed by atoms with Gasteiger partial charge in [0.2, 0.25) is 0 Å². The van der Waals surface area contributed by atoms with Crippen LogP contribution in [0.25, 0.3) is 11.1 Å². The molecular weight excluding hydrogens is 302 g/mol. The molecule has 0 saturated carbocycles. The van der Waals surface area contributed by atoms with Gasteiger partial charge in [-0.25, -0.2) is 15.0 Å². The summed E-state index contributed by atoms with van der Waals surface area (Å²) in [7, 11) is 0. The quantitative estimate of drug-likeness (QED) is 0.893. The lowest BCUT2D eigenvalue weighted by atomic mass is 9.86. The summed E-state index contributed by atoms with van der Waals surface area (Å²) in [6, 6.07) is 0. The Morgan fingerprint density at radius 2 is 1.52 bits per heavy atom. The molecule has 2 aromatic heterocycles. The third-order valence-electron chi connectivity index (χ3n) is 3.58. The first-order valence-electron chi connectivity index (χ1n) is 6.45. The highest BCUT2D eigenvalue weighted by Gasteiger charge is 2.34. The first kappa shape index (κ1) is 12.6. The molecule has 0 atom stereocenters. The van der Waals surface area contributed by atoms with Gasteiger partial charge in [0.15, 0.2) is 5.84 Å². The lowest BCUT2D eigenvalue weighted by molar-refractivity contribution is 1.05. The molecule has 0 saturated heterocycles. The zero-order valence-electron chi connectivity index (χ0n) is 11.0. The Hall–Kier alpha value is -2.12. The number of hydrogen-bond donors (Lipinski definition) is 2. The Kier molecular flexibility index (Phi) is 2.83. The summed E-state index contributed by atoms with van der Waals surface area (Å²) in [5, 5.41) is 14.0. The molecule has 7 heteroatoms. The second-order valence-corrected chi connectivity index (χ2v) is 6.52. The number of rotatable bonds is 2. The molecule has 4 rings (SSSR count). The number of amidine groups is 2. The van der Waals surface area contributed by atoms with E-state index in [0.717, 1.165) is 45.1 Å². The summed E-state index contributed by atoms with van der Waals surface area (Å²) in [6.45, 7) is 0. The summed E-state index contributed by atoms with van der Waals surface area (Å²) in [5.74, 6) is 0.662. The Morgan fingerprint density at radius 3 is 2.05 bits per heavy atom. The summed E-state index contributed by atoms with van der Waals surface area (Å²) in [4.78, 5) is 12.9. The van der Waals surface area contributed by atoms with Crippen LogP contribution in [0, 0.1) is 5.41 Å². The summed E-state index contributed by atoms with van der Waals surface area (Å²) < 4.78 is 0. The van der Waals surface area contributed by atoms with Crippen molar-refractivity contribution >= 4 is 45.5 Å². The Balaban J connectivity index is 1.97. The molecule has 0 bridgehead atoms. The van der Waals surface area contributed by atoms with E-state index in [-0.39, 0.29) is 5.84 Å². The van der Waals surface area contributed by atoms with Crippen molar-refractivity contribution in [1.29, 1.82) is 5.41 Å². The SMILES string of the molecule is N=C1N=C(N)C2=C(c3nccs3)CCC(c3nccs3)=C12. The normalized spacial score (nSPS) is 18.3. The van der Waals surface area contributed by atoms with Gasteiger partial charge in [0.05, 0.1) is 0 Å². The average molecular weight is 313 g/mol. The molecule has 0 amide bonds. The number of aliphatic imine (C=N–C) groups is 1. The third-order valence-corrected chi connectivity index (χ3v) is 5.25. The number of hydrogen-bond acceptors (Lipinski definition) is 6. The van der Waals surface area contributed by atoms with E-state index in [1.165, 1.54) is 0 Å². The molecule has 0 aromatic carbocycles. The molecule has 0 unspecified atom stereocenters. The van der Waals surface area contributed by atoms with E-state index in [9.17, 15) is 0 Å². The van der Waals surface area contributed by atoms with Gasteiger partial charge in [-0.15, -0.1) is 22.7 Å². The number of thiazole rings is 2. The fourth-order valence-electron chi connectivity index (χ4n) is 2.75. The lowest BCUT2D eigenvalue weighted by Crippen LogP contribution is -2.16. The average Bonchev–Trinajstić information content (AvgIpc) is 3.21. The van der Waals surface area contributed by atoms with Crippen molar-refractivity contribution in [3.05, 3.63) is 44.3 Å². The van der Waals surface area contributed by atoms with Gasteiger partial charge < -0.3 is 5.73 Å². The molecule has 21 heavy (non-hydrogen) atoms. The van der Waals surface area contributed by atoms with Crippen molar-refractivity contribution in [2.45, 2.75) is 12.8 Å². The van der Waals surface area contributed by atoms with E-state index in [1.807, 2.05) is 10.8 Å². The van der Waals surface area contributed by atoms with Crippen molar-refractivity contribution in [2.24, 2.45) is 10.7 Å². The second-order valence-electron chi connectivity index (χ2n) is 4.73. The molecular formula is C14H11N5S2. The van der Waals surface area contributed by atoms with Crippen molar-refractivity contribution in [1.82, 2.24) is 9.97 Å². The monoisotopic (exact) mass is 313 g/mol. The maximum Gasteiger partial charge on any atom is 0.155 e. The van der Waals surface area contributed by atoms with E-state index < -0.39 is 0 Å². The van der Waals surface area contributed by atoms with E-state index in [0.29, 0.717) is 5.84 Å². The first-order valence-corrected chi connectivity index (χ1v) is 8.21. The molecule has 1 aliphatic carbocycles. The Labute approximate surface area is 129 Å². The predicted molar refractivity (Wildman–Crippen MR) is 86.7 cm³/mol. The maximum absolute atomic E-state index is 8.15. The lowest BCUT2D eigenvalue weighted by Gasteiger charge is -2.19. The number of aromatic nitrogens is 2. The molecule has 2 aliphatic rings. The highest BCUT2D eigenvalue weighted by atomic mass is 32.1. The smallest absolute Gasteiger partial charge is 0.155 e. The molecule has 104 valence electrons. The van der Waals surface area contributed by atoms with Crippen LogP contribution < -0.4 is 5.73 Å². The van der Waals surface area contributed by atoms with Crippen LogP contribution >= 0.6 is 22.7 Å². The van der Waals surface area contributed by atoms with Gasteiger partial charge in [0.25, 0.3) is 0 Å². The van der Waals surface area contributed by atoms with Crippen LogP contribution in [0.3, 0.4) is 0 Å². The van der Waals surface area contributed by atoms with Crippen LogP contribution in [0.5, 0.6) is 0 Å². The van der Waals surface area contributed by atoms with Crippen LogP contribution in [0.15, 0.2) is 39.3 Å². The van der Waals surface area contributed by atoms with Crippen molar-refractivity contribution < 1.29 is 0 Å². The van der Waals surface area contributed by atoms with Crippen molar-refractivity contribution in [2.75, 3.05) is 0 Å². The van der Waals surface area contributed by atoms with Gasteiger partial charge >= 0.3 is 0 Å². The van der Waals surface area contributed by atoms with Crippen LogP contribution in [0.1, 0.15) is 22.9 Å². The van der Waals surface area contributed by atoms with Gasteiger partial charge in [-0.2, -0.15) is 0 Å². The number of fused-ring (bicyclic) bond motifs is 1. The molecule has 5 nitrogen and oxygen atoms in total. The summed E-state index contributed by atoms with van der Waals surface area (Å²) in [6.07, 6.45) is 5.27. The highest BCUT2D eigenvalue weighted by molar-refractivity contribution is 7.11. The minimum atomic E-state index is 0.237. The minimum Gasteiger partial charge on any atom is -0.383 e. The van der Waals surface area contributed by atoms with Crippen LogP contribution in [-0.4, -0.2) is 21.6 Å². The highest BCUT2D eigenvalue weighted by Crippen LogP contribution is 2.43. The molecule has 0 fully saturated rings. The largest absolute Gasteiger partial charge is 0.383 e. The predicted octanol–water partition coefficient (Wildman–Crippen LogP) is 2.95. The van der Waals surface area contributed by atoms with E-state index in [4.69, 9.17) is 11.1 Å². The molecule has 3 N–H and O–H groups in total. The zero-order chi connectivity index (χ0) is 14.4. The number of nitrogens with two attached hydrogens (primary N) is 1. The van der Waals surface area contributed by atoms with E-state index in [1.54, 1.807) is 35.1 Å². The molecule has 0 radical (unpaired) electrons. The van der Waals surface area contributed by atoms with E-state index >= 15 is 0 Å². The zero-order valence-corrected chi connectivity index (χ0v) is 12.6. The summed E-state index contributed by atoms with van der Waals surface area (Å²) in [5.41, 5.74) is 9.96. The molecule has 2 aromatic rings. The minimum absolute atomic E-state index is 0.237. The van der Waals surface area contributed by atoms with Crippen molar-refractivity contribution in [3.8, 4) is 0 Å². The van der Waals surface area contributed by atoms with Crippen molar-refractivity contribution in [3.63, 3.8) is 0 Å². The van der Waals surface area contributed by atoms with Gasteiger partial charge in [-0.1, -0.05) is 0 Å². The standard InChI is InChI=1S/C14H11N5S2/c15-11-9-7(13-17-3-5-20-13)1-2-8(10(9)12(16)19-11)14-18-4-6-21-14/h3-6H,1-2H2,(H3,15,16,19). The molecule has 0 spiro atoms. The Bertz CT molecular complexity index is 810. The topological polar surface area (TPSA) is 88.0 Å². The second kappa shape index (κ2) is 4.71. The van der Waals surface area contributed by atoms with Gasteiger partial charge in [0.1, 0.15) is 15.9 Å². The Morgan fingerprint density at radius 1 is 0.952 bits per heavy atom. The molecule has 3 heterocycles.